The normalized spacial score (nSPS) is 11.6. The van der Waals surface area contributed by atoms with Crippen LogP contribution in [0.4, 0.5) is 15.8 Å². The van der Waals surface area contributed by atoms with E-state index in [4.69, 9.17) is 4.74 Å². The molecule has 0 heterocycles. The highest BCUT2D eigenvalue weighted by molar-refractivity contribution is 5.94. The lowest BCUT2D eigenvalue weighted by molar-refractivity contribution is -0.384. The monoisotopic (exact) mass is 347 g/mol. The van der Waals surface area contributed by atoms with Gasteiger partial charge in [-0.3, -0.25) is 14.9 Å². The molecule has 0 fully saturated rings. The van der Waals surface area contributed by atoms with Gasteiger partial charge in [0, 0.05) is 18.2 Å². The average molecular weight is 347 g/mol. The van der Waals surface area contributed by atoms with Crippen molar-refractivity contribution in [3.8, 4) is 5.75 Å². The highest BCUT2D eigenvalue weighted by Gasteiger charge is 2.14. The number of halogens is 1. The molecule has 1 amide bonds. The van der Waals surface area contributed by atoms with Crippen molar-refractivity contribution in [3.05, 3.63) is 64.0 Å². The molecule has 0 aliphatic heterocycles. The first kappa shape index (κ1) is 18.3. The molecule has 0 saturated heterocycles. The number of hydrogen-bond donors (Lipinski definition) is 2. The van der Waals surface area contributed by atoms with Crippen LogP contribution >= 0.6 is 0 Å². The third kappa shape index (κ3) is 4.98. The van der Waals surface area contributed by atoms with E-state index in [-0.39, 0.29) is 35.7 Å². The van der Waals surface area contributed by atoms with Crippen molar-refractivity contribution in [1.29, 1.82) is 0 Å². The quantitative estimate of drug-likeness (QED) is 0.593. The van der Waals surface area contributed by atoms with Gasteiger partial charge in [-0.25, -0.2) is 4.39 Å². The molecule has 2 rings (SSSR count). The van der Waals surface area contributed by atoms with Gasteiger partial charge < -0.3 is 15.4 Å². The number of methoxy groups -OCH3 is 1. The van der Waals surface area contributed by atoms with Crippen LogP contribution in [-0.4, -0.2) is 24.5 Å². The van der Waals surface area contributed by atoms with Crippen LogP contribution in [0.15, 0.2) is 42.5 Å². The number of nitro benzene ring substituents is 1. The van der Waals surface area contributed by atoms with Gasteiger partial charge in [-0.2, -0.15) is 0 Å². The third-order valence-electron chi connectivity index (χ3n) is 3.61. The minimum absolute atomic E-state index is 0.0234. The highest BCUT2D eigenvalue weighted by atomic mass is 19.1. The summed E-state index contributed by atoms with van der Waals surface area (Å²) in [4.78, 5) is 22.4. The number of anilines is 1. The molecule has 25 heavy (non-hydrogen) atoms. The van der Waals surface area contributed by atoms with Gasteiger partial charge >= 0.3 is 0 Å². The summed E-state index contributed by atoms with van der Waals surface area (Å²) in [5, 5.41) is 16.4. The second-order valence-corrected chi connectivity index (χ2v) is 5.34. The van der Waals surface area contributed by atoms with E-state index in [1.54, 1.807) is 12.1 Å². The summed E-state index contributed by atoms with van der Waals surface area (Å²) in [6.07, 6.45) is 0. The molecule has 0 aliphatic carbocycles. The maximum Gasteiger partial charge on any atom is 0.271 e. The lowest BCUT2D eigenvalue weighted by Gasteiger charge is -2.15. The molecule has 0 bridgehead atoms. The Labute approximate surface area is 144 Å². The lowest BCUT2D eigenvalue weighted by Crippen LogP contribution is -2.30. The maximum absolute atomic E-state index is 12.9. The average Bonchev–Trinajstić information content (AvgIpc) is 2.60. The summed E-state index contributed by atoms with van der Waals surface area (Å²) >= 11 is 0. The van der Waals surface area contributed by atoms with Crippen LogP contribution in [0.5, 0.6) is 5.75 Å². The molecular formula is C17H18FN3O4. The minimum atomic E-state index is -0.552. The Morgan fingerprint density at radius 3 is 2.56 bits per heavy atom. The molecule has 0 saturated carbocycles. The summed E-state index contributed by atoms with van der Waals surface area (Å²) in [6.45, 7) is 1.82. The second-order valence-electron chi connectivity index (χ2n) is 5.34. The topological polar surface area (TPSA) is 93.5 Å². The van der Waals surface area contributed by atoms with Gasteiger partial charge in [0.15, 0.2) is 0 Å². The van der Waals surface area contributed by atoms with Crippen LogP contribution in [0.2, 0.25) is 0 Å². The predicted molar refractivity (Wildman–Crippen MR) is 91.1 cm³/mol. The summed E-state index contributed by atoms with van der Waals surface area (Å²) < 4.78 is 18.0. The van der Waals surface area contributed by atoms with Crippen molar-refractivity contribution in [3.63, 3.8) is 0 Å². The van der Waals surface area contributed by atoms with E-state index in [2.05, 4.69) is 10.6 Å². The molecule has 0 aliphatic rings. The van der Waals surface area contributed by atoms with Crippen molar-refractivity contribution in [2.75, 3.05) is 19.0 Å². The van der Waals surface area contributed by atoms with Crippen LogP contribution in [0.3, 0.4) is 0 Å². The number of rotatable bonds is 7. The Hall–Kier alpha value is -3.00. The molecule has 0 radical (unpaired) electrons. The number of carbonyl (C=O) groups is 1. The maximum atomic E-state index is 12.9. The Balaban J connectivity index is 1.99. The van der Waals surface area contributed by atoms with E-state index < -0.39 is 4.92 Å². The Morgan fingerprint density at radius 2 is 1.96 bits per heavy atom. The molecule has 2 N–H and O–H groups in total. The number of ether oxygens (including phenoxy) is 1. The zero-order chi connectivity index (χ0) is 18.4. The molecule has 0 spiro atoms. The molecule has 2 aromatic rings. The zero-order valence-electron chi connectivity index (χ0n) is 13.8. The standard InChI is InChI=1S/C17H18FN3O4/c1-11(12-3-5-13(18)6-4-12)19-10-17(22)20-15-9-14(21(23)24)7-8-16(15)25-2/h3-9,11,19H,10H2,1-2H3,(H,20,22)/t11-/m1/s1. The van der Waals surface area contributed by atoms with Gasteiger partial charge in [0.1, 0.15) is 11.6 Å². The van der Waals surface area contributed by atoms with E-state index in [0.29, 0.717) is 5.75 Å². The number of nitro groups is 1. The zero-order valence-corrected chi connectivity index (χ0v) is 13.8. The second kappa shape index (κ2) is 8.20. The molecule has 8 heteroatoms. The van der Waals surface area contributed by atoms with Crippen LogP contribution in [0, 0.1) is 15.9 Å². The van der Waals surface area contributed by atoms with Gasteiger partial charge in [0.05, 0.1) is 24.3 Å². The minimum Gasteiger partial charge on any atom is -0.495 e. The number of nitrogens with one attached hydrogen (secondary N) is 2. The summed E-state index contributed by atoms with van der Waals surface area (Å²) in [5.41, 5.74) is 0.906. The molecule has 0 unspecified atom stereocenters. The van der Waals surface area contributed by atoms with Crippen LogP contribution < -0.4 is 15.4 Å². The fraction of sp³-hybridized carbons (Fsp3) is 0.235. The highest BCUT2D eigenvalue weighted by Crippen LogP contribution is 2.28. The number of amides is 1. The van der Waals surface area contributed by atoms with Gasteiger partial charge in [-0.1, -0.05) is 12.1 Å². The van der Waals surface area contributed by atoms with Crippen molar-refractivity contribution in [2.24, 2.45) is 0 Å². The number of benzene rings is 2. The van der Waals surface area contributed by atoms with Crippen LogP contribution in [0.25, 0.3) is 0 Å². The van der Waals surface area contributed by atoms with Crippen molar-refractivity contribution < 1.29 is 18.8 Å². The first-order valence-corrected chi connectivity index (χ1v) is 7.52. The first-order valence-electron chi connectivity index (χ1n) is 7.52. The Morgan fingerprint density at radius 1 is 1.28 bits per heavy atom. The Bertz CT molecular complexity index is 765. The molecule has 132 valence electrons. The fourth-order valence-corrected chi connectivity index (χ4v) is 2.22. The van der Waals surface area contributed by atoms with Gasteiger partial charge in [0.25, 0.3) is 5.69 Å². The van der Waals surface area contributed by atoms with E-state index in [9.17, 15) is 19.3 Å². The molecular weight excluding hydrogens is 329 g/mol. The molecule has 2 aromatic carbocycles. The van der Waals surface area contributed by atoms with Gasteiger partial charge in [-0.05, 0) is 30.7 Å². The summed E-state index contributed by atoms with van der Waals surface area (Å²) in [7, 11) is 1.41. The number of nitrogens with zero attached hydrogens (tertiary/aromatic N) is 1. The fourth-order valence-electron chi connectivity index (χ4n) is 2.22. The van der Waals surface area contributed by atoms with Crippen molar-refractivity contribution >= 4 is 17.3 Å². The SMILES string of the molecule is COc1ccc([N+](=O)[O-])cc1NC(=O)CN[C@H](C)c1ccc(F)cc1. The third-order valence-corrected chi connectivity index (χ3v) is 3.61. The van der Waals surface area contributed by atoms with E-state index in [1.165, 1.54) is 37.4 Å². The molecule has 0 aromatic heterocycles. The van der Waals surface area contributed by atoms with Gasteiger partial charge in [0.2, 0.25) is 5.91 Å². The first-order chi connectivity index (χ1) is 11.9. The Kier molecular flexibility index (Phi) is 6.02. The van der Waals surface area contributed by atoms with E-state index >= 15 is 0 Å². The predicted octanol–water partition coefficient (Wildman–Crippen LogP) is 3.03. The number of non-ortho nitro benzene ring substituents is 1. The van der Waals surface area contributed by atoms with Crippen molar-refractivity contribution in [1.82, 2.24) is 5.32 Å². The lowest BCUT2D eigenvalue weighted by atomic mass is 10.1. The van der Waals surface area contributed by atoms with Crippen molar-refractivity contribution in [2.45, 2.75) is 13.0 Å². The summed E-state index contributed by atoms with van der Waals surface area (Å²) in [6, 6.07) is 9.75. The van der Waals surface area contributed by atoms with Crippen LogP contribution in [-0.2, 0) is 4.79 Å². The smallest absolute Gasteiger partial charge is 0.271 e. The molecule has 1 atom stereocenters. The molecule has 7 nitrogen and oxygen atoms in total. The number of carbonyl (C=O) groups excluding carboxylic acids is 1. The number of hydrogen-bond acceptors (Lipinski definition) is 5. The summed E-state index contributed by atoms with van der Waals surface area (Å²) in [5.74, 6) is -0.384. The van der Waals surface area contributed by atoms with E-state index in [0.717, 1.165) is 5.56 Å². The largest absolute Gasteiger partial charge is 0.495 e. The van der Waals surface area contributed by atoms with Crippen LogP contribution in [0.1, 0.15) is 18.5 Å². The van der Waals surface area contributed by atoms with E-state index in [1.807, 2.05) is 6.92 Å². The van der Waals surface area contributed by atoms with Gasteiger partial charge in [-0.15, -0.1) is 0 Å².